The molecule has 27 heavy (non-hydrogen) atoms. The highest BCUT2D eigenvalue weighted by Crippen LogP contribution is 2.32. The molecule has 3 rings (SSSR count). The Morgan fingerprint density at radius 3 is 2.41 bits per heavy atom. The largest absolute Gasteiger partial charge is 0.296 e. The number of sulfonamides is 1. The van der Waals surface area contributed by atoms with E-state index in [-0.39, 0.29) is 35.8 Å². The van der Waals surface area contributed by atoms with Gasteiger partial charge in [0.2, 0.25) is 5.13 Å². The van der Waals surface area contributed by atoms with Gasteiger partial charge in [-0.15, -0.1) is 10.2 Å². The van der Waals surface area contributed by atoms with Crippen LogP contribution in [0.15, 0.2) is 46.8 Å². The van der Waals surface area contributed by atoms with Gasteiger partial charge in [0.1, 0.15) is 0 Å². The molecule has 0 fully saturated rings. The lowest BCUT2D eigenvalue weighted by Crippen LogP contribution is -2.13. The van der Waals surface area contributed by atoms with Crippen LogP contribution in [0, 0.1) is 0 Å². The molecule has 1 aromatic heterocycles. The standard InChI is InChI=1S/C15H9Cl3N4O3S2/c16-9-5-2-1-4-8(9)13(23)19-14-20-21-15(26-14)27(24,25)22-11-7-3-6-10(17)12(11)18/h1-7,22H,(H,19,20,23). The van der Waals surface area contributed by atoms with E-state index >= 15 is 0 Å². The normalized spacial score (nSPS) is 11.2. The van der Waals surface area contributed by atoms with Crippen molar-refractivity contribution in [3.05, 3.63) is 63.1 Å². The van der Waals surface area contributed by atoms with E-state index in [1.54, 1.807) is 24.3 Å². The van der Waals surface area contributed by atoms with Gasteiger partial charge in [-0.25, -0.2) is 0 Å². The highest BCUT2D eigenvalue weighted by Gasteiger charge is 2.23. The summed E-state index contributed by atoms with van der Waals surface area (Å²) in [6.07, 6.45) is 0. The molecule has 2 N–H and O–H groups in total. The third-order valence-electron chi connectivity index (χ3n) is 3.17. The topological polar surface area (TPSA) is 101 Å². The monoisotopic (exact) mass is 462 g/mol. The average molecular weight is 464 g/mol. The summed E-state index contributed by atoms with van der Waals surface area (Å²) in [7, 11) is -4.07. The maximum atomic E-state index is 12.4. The Bertz CT molecular complexity index is 1120. The van der Waals surface area contributed by atoms with Crippen LogP contribution in [0.3, 0.4) is 0 Å². The van der Waals surface area contributed by atoms with Gasteiger partial charge in [0.15, 0.2) is 0 Å². The fraction of sp³-hybridized carbons (Fsp3) is 0. The van der Waals surface area contributed by atoms with E-state index in [2.05, 4.69) is 20.2 Å². The highest BCUT2D eigenvalue weighted by atomic mass is 35.5. The lowest BCUT2D eigenvalue weighted by atomic mass is 10.2. The number of nitrogens with zero attached hydrogens (tertiary/aromatic N) is 2. The number of carbonyl (C=O) groups excluding carboxylic acids is 1. The van der Waals surface area contributed by atoms with Crippen LogP contribution in [0.5, 0.6) is 0 Å². The van der Waals surface area contributed by atoms with Crippen molar-refractivity contribution in [2.75, 3.05) is 10.0 Å². The third-order valence-corrected chi connectivity index (χ3v) is 6.89. The first-order valence-electron chi connectivity index (χ1n) is 7.14. The molecule has 0 spiro atoms. The third kappa shape index (κ3) is 4.50. The zero-order valence-electron chi connectivity index (χ0n) is 13.1. The number of carbonyl (C=O) groups is 1. The minimum absolute atomic E-state index is 0.00233. The van der Waals surface area contributed by atoms with Gasteiger partial charge in [-0.1, -0.05) is 64.3 Å². The molecule has 0 aliphatic heterocycles. The maximum absolute atomic E-state index is 12.4. The molecule has 0 unspecified atom stereocenters. The van der Waals surface area contributed by atoms with E-state index in [0.29, 0.717) is 11.3 Å². The number of hydrogen-bond acceptors (Lipinski definition) is 6. The predicted molar refractivity (Wildman–Crippen MR) is 107 cm³/mol. The number of halogens is 3. The van der Waals surface area contributed by atoms with Crippen molar-refractivity contribution in [2.45, 2.75) is 4.34 Å². The number of aromatic nitrogens is 2. The number of anilines is 2. The summed E-state index contributed by atoms with van der Waals surface area (Å²) in [5, 5.41) is 10.2. The molecule has 0 saturated heterocycles. The van der Waals surface area contributed by atoms with Crippen LogP contribution in [0.25, 0.3) is 0 Å². The van der Waals surface area contributed by atoms with Crippen molar-refractivity contribution < 1.29 is 13.2 Å². The Morgan fingerprint density at radius 1 is 0.963 bits per heavy atom. The van der Waals surface area contributed by atoms with Crippen molar-refractivity contribution in [3.63, 3.8) is 0 Å². The minimum atomic E-state index is -4.07. The van der Waals surface area contributed by atoms with Crippen molar-refractivity contribution in [2.24, 2.45) is 0 Å². The molecule has 1 amide bonds. The zero-order chi connectivity index (χ0) is 19.6. The average Bonchev–Trinajstić information content (AvgIpc) is 3.08. The summed E-state index contributed by atoms with van der Waals surface area (Å²) in [5.74, 6) is -0.536. The van der Waals surface area contributed by atoms with Gasteiger partial charge in [0, 0.05) is 0 Å². The van der Waals surface area contributed by atoms with Crippen LogP contribution >= 0.6 is 46.1 Å². The molecule has 2 aromatic carbocycles. The summed E-state index contributed by atoms with van der Waals surface area (Å²) in [5.41, 5.74) is 0.323. The van der Waals surface area contributed by atoms with Gasteiger partial charge in [-0.05, 0) is 24.3 Å². The van der Waals surface area contributed by atoms with Crippen molar-refractivity contribution >= 4 is 72.9 Å². The summed E-state index contributed by atoms with van der Waals surface area (Å²) >= 11 is 18.5. The molecule has 140 valence electrons. The first-order chi connectivity index (χ1) is 12.8. The Balaban J connectivity index is 1.79. The number of amides is 1. The summed E-state index contributed by atoms with van der Waals surface area (Å²) in [6.45, 7) is 0. The first kappa shape index (κ1) is 19.8. The lowest BCUT2D eigenvalue weighted by molar-refractivity contribution is 0.102. The van der Waals surface area contributed by atoms with E-state index in [0.717, 1.165) is 0 Å². The SMILES string of the molecule is O=C(Nc1nnc(S(=O)(=O)Nc2cccc(Cl)c2Cl)s1)c1ccccc1Cl. The van der Waals surface area contributed by atoms with Crippen LogP contribution in [-0.4, -0.2) is 24.5 Å². The second-order valence-electron chi connectivity index (χ2n) is 5.01. The second-order valence-corrected chi connectivity index (χ2v) is 9.04. The van der Waals surface area contributed by atoms with Gasteiger partial charge in [-0.2, -0.15) is 8.42 Å². The maximum Gasteiger partial charge on any atom is 0.291 e. The van der Waals surface area contributed by atoms with E-state index in [9.17, 15) is 13.2 Å². The number of nitrogens with one attached hydrogen (secondary N) is 2. The van der Waals surface area contributed by atoms with Crippen LogP contribution < -0.4 is 10.0 Å². The second kappa shape index (κ2) is 7.99. The van der Waals surface area contributed by atoms with E-state index in [4.69, 9.17) is 34.8 Å². The predicted octanol–water partition coefficient (Wildman–Crippen LogP) is 4.55. The zero-order valence-corrected chi connectivity index (χ0v) is 17.0. The smallest absolute Gasteiger partial charge is 0.291 e. The quantitative estimate of drug-likeness (QED) is 0.541. The lowest BCUT2D eigenvalue weighted by Gasteiger charge is -2.07. The van der Waals surface area contributed by atoms with Crippen molar-refractivity contribution in [3.8, 4) is 0 Å². The Labute approximate surface area is 173 Å². The van der Waals surface area contributed by atoms with E-state index in [1.165, 1.54) is 18.2 Å². The molecule has 12 heteroatoms. The van der Waals surface area contributed by atoms with Gasteiger partial charge in [0.25, 0.3) is 20.3 Å². The van der Waals surface area contributed by atoms with Crippen LogP contribution in [0.4, 0.5) is 10.8 Å². The molecular weight excluding hydrogens is 455 g/mol. The molecule has 0 bridgehead atoms. The van der Waals surface area contributed by atoms with Crippen molar-refractivity contribution in [1.82, 2.24) is 10.2 Å². The molecule has 3 aromatic rings. The minimum Gasteiger partial charge on any atom is -0.296 e. The fourth-order valence-electron chi connectivity index (χ4n) is 1.95. The van der Waals surface area contributed by atoms with E-state index in [1.807, 2.05) is 0 Å². The Hall–Kier alpha value is -1.91. The van der Waals surface area contributed by atoms with Crippen LogP contribution in [0.1, 0.15) is 10.4 Å². The Kier molecular flexibility index (Phi) is 5.87. The molecule has 0 radical (unpaired) electrons. The molecular formula is C15H9Cl3N4O3S2. The summed E-state index contributed by atoms with van der Waals surface area (Å²) in [4.78, 5) is 12.2. The van der Waals surface area contributed by atoms with Crippen LogP contribution in [-0.2, 0) is 10.0 Å². The summed E-state index contributed by atoms with van der Waals surface area (Å²) in [6, 6.07) is 10.9. The highest BCUT2D eigenvalue weighted by molar-refractivity contribution is 7.94. The molecule has 0 atom stereocenters. The fourth-order valence-corrected chi connectivity index (χ4v) is 4.54. The number of benzene rings is 2. The van der Waals surface area contributed by atoms with Gasteiger partial charge in [0.05, 0.1) is 26.3 Å². The van der Waals surface area contributed by atoms with Crippen LogP contribution in [0.2, 0.25) is 15.1 Å². The van der Waals surface area contributed by atoms with Gasteiger partial charge >= 0.3 is 0 Å². The number of hydrogen-bond donors (Lipinski definition) is 2. The molecule has 0 aliphatic carbocycles. The van der Waals surface area contributed by atoms with Gasteiger partial charge < -0.3 is 0 Å². The molecule has 7 nitrogen and oxygen atoms in total. The summed E-state index contributed by atoms with van der Waals surface area (Å²) < 4.78 is 26.8. The molecule has 0 aliphatic rings. The number of rotatable bonds is 5. The Morgan fingerprint density at radius 2 is 1.67 bits per heavy atom. The first-order valence-corrected chi connectivity index (χ1v) is 10.6. The van der Waals surface area contributed by atoms with Gasteiger partial charge in [-0.3, -0.25) is 14.8 Å². The molecule has 0 saturated carbocycles. The van der Waals surface area contributed by atoms with E-state index < -0.39 is 15.9 Å². The molecule has 1 heterocycles. The van der Waals surface area contributed by atoms with Crippen molar-refractivity contribution in [1.29, 1.82) is 0 Å².